The van der Waals surface area contributed by atoms with E-state index in [0.29, 0.717) is 17.3 Å². The van der Waals surface area contributed by atoms with Crippen molar-refractivity contribution in [3.8, 4) is 0 Å². The van der Waals surface area contributed by atoms with Crippen LogP contribution in [0.25, 0.3) is 0 Å². The van der Waals surface area contributed by atoms with Crippen LogP contribution in [0.1, 0.15) is 34.8 Å². The highest BCUT2D eigenvalue weighted by Gasteiger charge is 2.07. The zero-order valence-electron chi connectivity index (χ0n) is 14.2. The number of hydrogen-bond donors (Lipinski definition) is 2. The zero-order valence-corrected chi connectivity index (χ0v) is 15.0. The molecule has 5 heteroatoms. The fraction of sp³-hybridized carbons (Fsp3) is 0.263. The molecule has 2 aromatic carbocycles. The van der Waals surface area contributed by atoms with Crippen molar-refractivity contribution < 1.29 is 9.53 Å². The van der Waals surface area contributed by atoms with Crippen LogP contribution in [0.5, 0.6) is 0 Å². The lowest BCUT2D eigenvalue weighted by molar-refractivity contribution is 0.0505. The van der Waals surface area contributed by atoms with Crippen LogP contribution in [0.4, 0.5) is 11.4 Å². The first-order valence-corrected chi connectivity index (χ1v) is 8.32. The largest absolute Gasteiger partial charge is 0.462 e. The summed E-state index contributed by atoms with van der Waals surface area (Å²) in [6.45, 7) is 6.49. The maximum atomic E-state index is 11.8. The highest BCUT2D eigenvalue weighted by atomic mass is 32.1. The Kier molecular flexibility index (Phi) is 6.32. The van der Waals surface area contributed by atoms with Crippen LogP contribution in [0.2, 0.25) is 0 Å². The van der Waals surface area contributed by atoms with E-state index >= 15 is 0 Å². The molecule has 0 aliphatic rings. The van der Waals surface area contributed by atoms with Gasteiger partial charge in [0.05, 0.1) is 12.2 Å². The number of thiocarbonyl (C=S) groups is 1. The third-order valence-electron chi connectivity index (χ3n) is 3.30. The first kappa shape index (κ1) is 17.9. The summed E-state index contributed by atoms with van der Waals surface area (Å²) in [7, 11) is 0. The predicted molar refractivity (Wildman–Crippen MR) is 103 cm³/mol. The van der Waals surface area contributed by atoms with Crippen LogP contribution in [-0.2, 0) is 4.74 Å². The Hall–Kier alpha value is -2.40. The number of hydrogen-bond acceptors (Lipinski definition) is 3. The number of anilines is 2. The Labute approximate surface area is 148 Å². The standard InChI is InChI=1S/C19H22N2O2S/c1-4-9-23-18(22)15-5-7-16(8-6-15)20-19(24)21-17-11-13(2)10-14(3)12-17/h5-8,10-12H,4,9H2,1-3H3,(H2,20,21,24). The van der Waals surface area contributed by atoms with Gasteiger partial charge in [-0.2, -0.15) is 0 Å². The normalized spacial score (nSPS) is 10.1. The Balaban J connectivity index is 1.95. The summed E-state index contributed by atoms with van der Waals surface area (Å²) >= 11 is 5.33. The van der Waals surface area contributed by atoms with Crippen molar-refractivity contribution in [1.29, 1.82) is 0 Å². The van der Waals surface area contributed by atoms with Crippen molar-refractivity contribution in [3.05, 3.63) is 59.2 Å². The van der Waals surface area contributed by atoms with Gasteiger partial charge in [-0.25, -0.2) is 4.79 Å². The number of aryl methyl sites for hydroxylation is 2. The van der Waals surface area contributed by atoms with Crippen molar-refractivity contribution in [3.63, 3.8) is 0 Å². The molecule has 0 aliphatic heterocycles. The molecule has 126 valence electrons. The molecule has 4 nitrogen and oxygen atoms in total. The number of rotatable bonds is 5. The van der Waals surface area contributed by atoms with Crippen molar-refractivity contribution >= 4 is 34.7 Å². The van der Waals surface area contributed by atoms with Gasteiger partial charge in [0.1, 0.15) is 0 Å². The third-order valence-corrected chi connectivity index (χ3v) is 3.50. The van der Waals surface area contributed by atoms with Crippen molar-refractivity contribution in [1.82, 2.24) is 0 Å². The number of benzene rings is 2. The van der Waals surface area contributed by atoms with Gasteiger partial charge in [-0.3, -0.25) is 0 Å². The summed E-state index contributed by atoms with van der Waals surface area (Å²) in [6, 6.07) is 13.2. The quantitative estimate of drug-likeness (QED) is 0.610. The second-order valence-corrected chi connectivity index (χ2v) is 6.08. The fourth-order valence-corrected chi connectivity index (χ4v) is 2.54. The van der Waals surface area contributed by atoms with Gasteiger partial charge in [-0.05, 0) is 80.0 Å². The van der Waals surface area contributed by atoms with Crippen LogP contribution < -0.4 is 10.6 Å². The van der Waals surface area contributed by atoms with Crippen molar-refractivity contribution in [2.24, 2.45) is 0 Å². The maximum Gasteiger partial charge on any atom is 0.338 e. The van der Waals surface area contributed by atoms with E-state index in [1.54, 1.807) is 24.3 Å². The molecular formula is C19H22N2O2S. The highest BCUT2D eigenvalue weighted by molar-refractivity contribution is 7.80. The zero-order chi connectivity index (χ0) is 17.5. The fourth-order valence-electron chi connectivity index (χ4n) is 2.31. The number of esters is 1. The first-order chi connectivity index (χ1) is 11.5. The second-order valence-electron chi connectivity index (χ2n) is 5.67. The van der Waals surface area contributed by atoms with E-state index in [-0.39, 0.29) is 5.97 Å². The van der Waals surface area contributed by atoms with Gasteiger partial charge >= 0.3 is 5.97 Å². The minimum Gasteiger partial charge on any atom is -0.462 e. The minimum absolute atomic E-state index is 0.306. The smallest absolute Gasteiger partial charge is 0.338 e. The molecule has 0 spiro atoms. The second kappa shape index (κ2) is 8.45. The van der Waals surface area contributed by atoms with Crippen LogP contribution in [-0.4, -0.2) is 17.7 Å². The number of carbonyl (C=O) groups excluding carboxylic acids is 1. The van der Waals surface area contributed by atoms with Crippen LogP contribution in [0.3, 0.4) is 0 Å². The van der Waals surface area contributed by atoms with E-state index < -0.39 is 0 Å². The Morgan fingerprint density at radius 1 is 1.00 bits per heavy atom. The maximum absolute atomic E-state index is 11.8. The number of nitrogens with one attached hydrogen (secondary N) is 2. The Bertz CT molecular complexity index is 706. The Morgan fingerprint density at radius 2 is 1.58 bits per heavy atom. The van der Waals surface area contributed by atoms with E-state index in [9.17, 15) is 4.79 Å². The first-order valence-electron chi connectivity index (χ1n) is 7.91. The molecule has 0 aromatic heterocycles. The van der Waals surface area contributed by atoms with Crippen LogP contribution in [0.15, 0.2) is 42.5 Å². The van der Waals surface area contributed by atoms with Gasteiger partial charge in [-0.1, -0.05) is 13.0 Å². The molecule has 0 heterocycles. The molecule has 2 N–H and O–H groups in total. The average molecular weight is 342 g/mol. The van der Waals surface area contributed by atoms with Crippen LogP contribution >= 0.6 is 12.2 Å². The summed E-state index contributed by atoms with van der Waals surface area (Å²) < 4.78 is 5.10. The number of ether oxygens (including phenoxy) is 1. The molecule has 0 bridgehead atoms. The van der Waals surface area contributed by atoms with Gasteiger partial charge in [0.15, 0.2) is 5.11 Å². The predicted octanol–water partition coefficient (Wildman–Crippen LogP) is 4.68. The topological polar surface area (TPSA) is 50.4 Å². The molecule has 0 aliphatic carbocycles. The van der Waals surface area contributed by atoms with Gasteiger partial charge in [-0.15, -0.1) is 0 Å². The average Bonchev–Trinajstić information content (AvgIpc) is 2.52. The van der Waals surface area contributed by atoms with Gasteiger partial charge in [0.2, 0.25) is 0 Å². The lowest BCUT2D eigenvalue weighted by Crippen LogP contribution is -2.19. The molecule has 2 rings (SSSR count). The van der Waals surface area contributed by atoms with E-state index in [1.165, 1.54) is 11.1 Å². The van der Waals surface area contributed by atoms with Gasteiger partial charge in [0.25, 0.3) is 0 Å². The summed E-state index contributed by atoms with van der Waals surface area (Å²) in [5.74, 6) is -0.306. The molecule has 0 saturated heterocycles. The molecule has 0 amide bonds. The van der Waals surface area contributed by atoms with Crippen LogP contribution in [0, 0.1) is 13.8 Å². The lowest BCUT2D eigenvalue weighted by Gasteiger charge is -2.12. The van der Waals surface area contributed by atoms with Crippen molar-refractivity contribution in [2.45, 2.75) is 27.2 Å². The molecule has 0 unspecified atom stereocenters. The summed E-state index contributed by atoms with van der Waals surface area (Å²) in [4.78, 5) is 11.8. The highest BCUT2D eigenvalue weighted by Crippen LogP contribution is 2.15. The summed E-state index contributed by atoms with van der Waals surface area (Å²) in [5.41, 5.74) is 4.64. The monoisotopic (exact) mass is 342 g/mol. The van der Waals surface area contributed by atoms with Gasteiger partial charge < -0.3 is 15.4 Å². The van der Waals surface area contributed by atoms with Gasteiger partial charge in [0, 0.05) is 11.4 Å². The number of carbonyl (C=O) groups is 1. The van der Waals surface area contributed by atoms with E-state index in [0.717, 1.165) is 17.8 Å². The van der Waals surface area contributed by atoms with E-state index in [1.807, 2.05) is 32.9 Å². The molecule has 2 aromatic rings. The third kappa shape index (κ3) is 5.35. The van der Waals surface area contributed by atoms with E-state index in [4.69, 9.17) is 17.0 Å². The molecule has 0 atom stereocenters. The SMILES string of the molecule is CCCOC(=O)c1ccc(NC(=S)Nc2cc(C)cc(C)c2)cc1. The molecular weight excluding hydrogens is 320 g/mol. The summed E-state index contributed by atoms with van der Waals surface area (Å²) in [5, 5.41) is 6.77. The molecule has 0 saturated carbocycles. The molecule has 0 fully saturated rings. The lowest BCUT2D eigenvalue weighted by atomic mass is 10.1. The molecule has 24 heavy (non-hydrogen) atoms. The van der Waals surface area contributed by atoms with Crippen molar-refractivity contribution in [2.75, 3.05) is 17.2 Å². The Morgan fingerprint density at radius 3 is 2.17 bits per heavy atom. The summed E-state index contributed by atoms with van der Waals surface area (Å²) in [6.07, 6.45) is 0.809. The molecule has 0 radical (unpaired) electrons. The minimum atomic E-state index is -0.306. The van der Waals surface area contributed by atoms with E-state index in [2.05, 4.69) is 16.7 Å².